The zero-order valence-corrected chi connectivity index (χ0v) is 18.2. The first-order valence-corrected chi connectivity index (χ1v) is 10.8. The van der Waals surface area contributed by atoms with Crippen LogP contribution in [0.5, 0.6) is 5.95 Å². The minimum Gasteiger partial charge on any atom is -0.458 e. The molecule has 3 aliphatic rings. The molecule has 156 valence electrons. The highest BCUT2D eigenvalue weighted by Crippen LogP contribution is 2.63. The molecule has 0 bridgehead atoms. The van der Waals surface area contributed by atoms with Gasteiger partial charge in [0.15, 0.2) is 5.43 Å². The predicted octanol–water partition coefficient (Wildman–Crippen LogP) is 5.34. The second-order valence-corrected chi connectivity index (χ2v) is 10.1. The van der Waals surface area contributed by atoms with Gasteiger partial charge in [0.1, 0.15) is 17.1 Å². The fraction of sp³-hybridized carbons (Fsp3) is 0.600. The van der Waals surface area contributed by atoms with Crippen molar-refractivity contribution in [3.8, 4) is 5.95 Å². The third kappa shape index (κ3) is 3.03. The van der Waals surface area contributed by atoms with E-state index in [1.807, 2.05) is 25.2 Å². The number of ketones is 1. The lowest BCUT2D eigenvalue weighted by Crippen LogP contribution is -2.63. The fourth-order valence-corrected chi connectivity index (χ4v) is 6.42. The van der Waals surface area contributed by atoms with Crippen LogP contribution in [0.3, 0.4) is 0 Å². The molecule has 1 aliphatic heterocycles. The van der Waals surface area contributed by atoms with Gasteiger partial charge in [-0.3, -0.25) is 9.59 Å². The largest absolute Gasteiger partial charge is 0.458 e. The third-order valence-corrected chi connectivity index (χ3v) is 8.07. The molecule has 0 N–H and O–H groups in total. The summed E-state index contributed by atoms with van der Waals surface area (Å²) in [6, 6.07) is 1.56. The fourth-order valence-electron chi connectivity index (χ4n) is 6.42. The van der Waals surface area contributed by atoms with Gasteiger partial charge in [-0.1, -0.05) is 39.0 Å². The van der Waals surface area contributed by atoms with E-state index in [-0.39, 0.29) is 27.8 Å². The number of rotatable bonds is 2. The van der Waals surface area contributed by atoms with Crippen molar-refractivity contribution in [3.63, 3.8) is 0 Å². The highest BCUT2D eigenvalue weighted by Gasteiger charge is 2.62. The van der Waals surface area contributed by atoms with Gasteiger partial charge < -0.3 is 9.15 Å². The summed E-state index contributed by atoms with van der Waals surface area (Å²) in [5.74, 6) is 1.77. The van der Waals surface area contributed by atoms with Gasteiger partial charge in [0.05, 0.1) is 5.56 Å². The molecule has 2 aliphatic carbocycles. The number of hydrogen-bond donors (Lipinski definition) is 0. The molecular formula is C25H32O4. The molecule has 2 saturated carbocycles. The van der Waals surface area contributed by atoms with Crippen LogP contribution in [-0.2, 0) is 11.2 Å². The first-order valence-electron chi connectivity index (χ1n) is 10.8. The minimum absolute atomic E-state index is 0.0229. The van der Waals surface area contributed by atoms with E-state index in [0.717, 1.165) is 19.3 Å². The Morgan fingerprint density at radius 3 is 2.55 bits per heavy atom. The number of hydrogen-bond acceptors (Lipinski definition) is 4. The maximum atomic E-state index is 12.9. The summed E-state index contributed by atoms with van der Waals surface area (Å²) in [5.41, 5.74) is -0.103. The molecule has 4 unspecified atom stereocenters. The van der Waals surface area contributed by atoms with E-state index >= 15 is 0 Å². The second-order valence-electron chi connectivity index (χ2n) is 10.1. The van der Waals surface area contributed by atoms with Crippen molar-refractivity contribution in [1.82, 2.24) is 0 Å². The predicted molar refractivity (Wildman–Crippen MR) is 114 cm³/mol. The van der Waals surface area contributed by atoms with Gasteiger partial charge in [-0.2, -0.15) is 0 Å². The number of allylic oxidation sites excluding steroid dienone is 3. The Kier molecular flexibility index (Phi) is 4.67. The van der Waals surface area contributed by atoms with Crippen molar-refractivity contribution in [1.29, 1.82) is 0 Å². The lowest BCUT2D eigenvalue weighted by molar-refractivity contribution is -0.177. The third-order valence-electron chi connectivity index (χ3n) is 8.07. The highest BCUT2D eigenvalue weighted by atomic mass is 16.6. The summed E-state index contributed by atoms with van der Waals surface area (Å²) in [7, 11) is 0. The van der Waals surface area contributed by atoms with Crippen LogP contribution in [0, 0.1) is 22.7 Å². The molecule has 4 atom stereocenters. The van der Waals surface area contributed by atoms with E-state index in [9.17, 15) is 9.59 Å². The SMILES string of the molecule is CC=CC=Cc1cc(=O)c2c(o1)OC1(C)CCC3C(C)(C)C(=O)CCC3(C)C1C2. The molecule has 0 amide bonds. The Hall–Kier alpha value is -2.10. The number of carbonyl (C=O) groups excluding carboxylic acids is 1. The molecule has 4 heteroatoms. The maximum absolute atomic E-state index is 12.9. The Morgan fingerprint density at radius 1 is 1.07 bits per heavy atom. The summed E-state index contributed by atoms with van der Waals surface area (Å²) in [5, 5.41) is 0. The van der Waals surface area contributed by atoms with Crippen molar-refractivity contribution in [3.05, 3.63) is 45.8 Å². The Labute approximate surface area is 173 Å². The quantitative estimate of drug-likeness (QED) is 0.633. The van der Waals surface area contributed by atoms with Gasteiger partial charge in [-0.05, 0) is 56.9 Å². The van der Waals surface area contributed by atoms with Gasteiger partial charge in [0, 0.05) is 23.8 Å². The smallest absolute Gasteiger partial charge is 0.292 e. The molecule has 1 aromatic heterocycles. The van der Waals surface area contributed by atoms with E-state index in [2.05, 4.69) is 27.7 Å². The molecular weight excluding hydrogens is 364 g/mol. The molecule has 0 spiro atoms. The van der Waals surface area contributed by atoms with E-state index in [1.165, 1.54) is 0 Å². The molecule has 4 rings (SSSR count). The number of carbonyl (C=O) groups is 1. The van der Waals surface area contributed by atoms with Gasteiger partial charge in [-0.15, -0.1) is 0 Å². The van der Waals surface area contributed by atoms with E-state index in [1.54, 1.807) is 12.1 Å². The first-order chi connectivity index (χ1) is 13.6. The van der Waals surface area contributed by atoms with Crippen LogP contribution in [0.4, 0.5) is 0 Å². The number of fused-ring (bicyclic) bond motifs is 4. The van der Waals surface area contributed by atoms with Crippen molar-refractivity contribution in [2.75, 3.05) is 0 Å². The summed E-state index contributed by atoms with van der Waals surface area (Å²) < 4.78 is 12.4. The second kappa shape index (κ2) is 6.72. The molecule has 2 heterocycles. The van der Waals surface area contributed by atoms with Crippen LogP contribution in [-0.4, -0.2) is 11.4 Å². The van der Waals surface area contributed by atoms with Crippen molar-refractivity contribution >= 4 is 11.9 Å². The Morgan fingerprint density at radius 2 is 1.83 bits per heavy atom. The molecule has 1 aromatic rings. The average Bonchev–Trinajstić information content (AvgIpc) is 2.64. The lowest BCUT2D eigenvalue weighted by atomic mass is 9.44. The summed E-state index contributed by atoms with van der Waals surface area (Å²) in [6.45, 7) is 10.6. The standard InChI is InChI=1S/C25H32O4/c1-6-7-8-9-16-14-18(26)17-15-20-24(4)12-11-21(27)23(2,3)19(24)10-13-25(20,5)29-22(17)28-16/h6-9,14,19-20H,10-13,15H2,1-5H3. The average molecular weight is 397 g/mol. The van der Waals surface area contributed by atoms with Gasteiger partial charge in [0.2, 0.25) is 0 Å². The van der Waals surface area contributed by atoms with Gasteiger partial charge >= 0.3 is 0 Å². The minimum atomic E-state index is -0.379. The summed E-state index contributed by atoms with van der Waals surface area (Å²) in [4.78, 5) is 25.5. The van der Waals surface area contributed by atoms with Crippen LogP contribution < -0.4 is 10.2 Å². The zero-order valence-electron chi connectivity index (χ0n) is 18.2. The Balaban J connectivity index is 1.74. The van der Waals surface area contributed by atoms with Crippen molar-refractivity contribution in [2.45, 2.75) is 72.3 Å². The lowest BCUT2D eigenvalue weighted by Gasteiger charge is -2.62. The molecule has 0 radical (unpaired) electrons. The summed E-state index contributed by atoms with van der Waals surface area (Å²) >= 11 is 0. The monoisotopic (exact) mass is 396 g/mol. The molecule has 2 fully saturated rings. The van der Waals surface area contributed by atoms with Gasteiger partial charge in [0.25, 0.3) is 5.95 Å². The zero-order chi connectivity index (χ0) is 21.0. The molecule has 29 heavy (non-hydrogen) atoms. The maximum Gasteiger partial charge on any atom is 0.292 e. The normalized spacial score (nSPS) is 35.8. The Bertz CT molecular complexity index is 950. The molecule has 4 nitrogen and oxygen atoms in total. The van der Waals surface area contributed by atoms with Crippen molar-refractivity contribution < 1.29 is 13.9 Å². The number of ether oxygens (including phenoxy) is 1. The van der Waals surface area contributed by atoms with Crippen molar-refractivity contribution in [2.24, 2.45) is 22.7 Å². The van der Waals surface area contributed by atoms with Gasteiger partial charge in [-0.25, -0.2) is 0 Å². The van der Waals surface area contributed by atoms with E-state index < -0.39 is 0 Å². The molecule has 0 saturated heterocycles. The van der Waals surface area contributed by atoms with Crippen LogP contribution in [0.15, 0.2) is 33.5 Å². The topological polar surface area (TPSA) is 56.5 Å². The van der Waals surface area contributed by atoms with Crippen LogP contribution in [0.1, 0.15) is 71.6 Å². The van der Waals surface area contributed by atoms with Crippen LogP contribution in [0.25, 0.3) is 6.08 Å². The summed E-state index contributed by atoms with van der Waals surface area (Å²) in [6.07, 6.45) is 11.4. The molecule has 0 aromatic carbocycles. The van der Waals surface area contributed by atoms with E-state index in [4.69, 9.17) is 9.15 Å². The first kappa shape index (κ1) is 20.2. The highest BCUT2D eigenvalue weighted by molar-refractivity contribution is 5.85. The van der Waals surface area contributed by atoms with Crippen LogP contribution >= 0.6 is 0 Å². The van der Waals surface area contributed by atoms with E-state index in [0.29, 0.717) is 41.8 Å². The number of Topliss-reactive ketones (excluding diaryl/α,β-unsaturated/α-hetero) is 1. The van der Waals surface area contributed by atoms with Crippen LogP contribution in [0.2, 0.25) is 0 Å².